The predicted molar refractivity (Wildman–Crippen MR) is 54.0 cm³/mol. The van der Waals surface area contributed by atoms with E-state index in [2.05, 4.69) is 5.32 Å². The van der Waals surface area contributed by atoms with E-state index in [4.69, 9.17) is 4.74 Å². The van der Waals surface area contributed by atoms with Crippen LogP contribution >= 0.6 is 0 Å². The van der Waals surface area contributed by atoms with E-state index in [1.54, 1.807) is 20.8 Å². The van der Waals surface area contributed by atoms with Gasteiger partial charge in [-0.05, 0) is 27.2 Å². The number of rotatable bonds is 1. The lowest BCUT2D eigenvalue weighted by atomic mass is 9.92. The first-order valence-corrected chi connectivity index (χ1v) is 5.12. The number of ketones is 1. The zero-order valence-electron chi connectivity index (χ0n) is 9.16. The average Bonchev–Trinajstić information content (AvgIpc) is 2.59. The van der Waals surface area contributed by atoms with E-state index in [1.165, 1.54) is 0 Å². The van der Waals surface area contributed by atoms with Crippen molar-refractivity contribution in [1.29, 1.82) is 0 Å². The van der Waals surface area contributed by atoms with Crippen LogP contribution in [0.2, 0.25) is 0 Å². The summed E-state index contributed by atoms with van der Waals surface area (Å²) in [6, 6.07) is -0.0812. The Morgan fingerprint density at radius 2 is 2.20 bits per heavy atom. The zero-order valence-corrected chi connectivity index (χ0v) is 9.16. The Kier molecular flexibility index (Phi) is 2.10. The van der Waals surface area contributed by atoms with Crippen molar-refractivity contribution in [3.05, 3.63) is 11.8 Å². The summed E-state index contributed by atoms with van der Waals surface area (Å²) >= 11 is 0. The molecule has 15 heavy (non-hydrogen) atoms. The van der Waals surface area contributed by atoms with Gasteiger partial charge in [0.25, 0.3) is 0 Å². The Morgan fingerprint density at radius 3 is 2.67 bits per heavy atom. The molecular formula is C11H15NO3. The summed E-state index contributed by atoms with van der Waals surface area (Å²) in [5, 5.41) is 3.01. The summed E-state index contributed by atoms with van der Waals surface area (Å²) < 4.78 is 5.22. The molecule has 1 fully saturated rings. The number of carbonyl (C=O) groups is 2. The molecule has 2 bridgehead atoms. The Hall–Kier alpha value is -1.32. The molecule has 4 heteroatoms. The fourth-order valence-electron chi connectivity index (χ4n) is 1.94. The molecule has 0 spiro atoms. The van der Waals surface area contributed by atoms with Crippen LogP contribution in [0.3, 0.4) is 0 Å². The number of carbonyl (C=O) groups excluding carboxylic acids is 2. The number of nitrogens with one attached hydrogen (secondary N) is 1. The molecule has 4 nitrogen and oxygen atoms in total. The van der Waals surface area contributed by atoms with Crippen molar-refractivity contribution in [3.63, 3.8) is 0 Å². The van der Waals surface area contributed by atoms with Gasteiger partial charge in [-0.2, -0.15) is 0 Å². The van der Waals surface area contributed by atoms with E-state index in [9.17, 15) is 9.59 Å². The minimum absolute atomic E-state index is 0.0812. The van der Waals surface area contributed by atoms with Crippen LogP contribution in [0.4, 0.5) is 0 Å². The normalized spacial score (nSPS) is 28.7. The summed E-state index contributed by atoms with van der Waals surface area (Å²) in [5.74, 6) is -1.17. The maximum absolute atomic E-state index is 11.8. The molecule has 2 unspecified atom stereocenters. The second kappa shape index (κ2) is 3.08. The van der Waals surface area contributed by atoms with Crippen LogP contribution < -0.4 is 5.32 Å². The first-order valence-electron chi connectivity index (χ1n) is 5.12. The largest absolute Gasteiger partial charge is 0.459 e. The molecule has 2 heterocycles. The van der Waals surface area contributed by atoms with Gasteiger partial charge >= 0.3 is 5.97 Å². The number of fused-ring (bicyclic) bond motifs is 2. The standard InChI is InChI=1S/C11H15NO3/c1-11(2,3)15-10(14)8-6-4-5-7(12-6)9(8)13/h5-6,8,12H,4H2,1-3H3. The van der Waals surface area contributed by atoms with Crippen LogP contribution in [0, 0.1) is 5.92 Å². The quantitative estimate of drug-likeness (QED) is 0.512. The molecule has 2 aliphatic rings. The van der Waals surface area contributed by atoms with Crippen LogP contribution in [0.25, 0.3) is 0 Å². The summed E-state index contributed by atoms with van der Waals surface area (Å²) in [5.41, 5.74) is 0.0454. The highest BCUT2D eigenvalue weighted by molar-refractivity contribution is 6.11. The maximum Gasteiger partial charge on any atom is 0.319 e. The molecule has 0 radical (unpaired) electrons. The minimum Gasteiger partial charge on any atom is -0.459 e. The predicted octanol–water partition coefficient (Wildman–Crippen LogP) is 0.773. The highest BCUT2D eigenvalue weighted by Crippen LogP contribution is 2.30. The second-order valence-electron chi connectivity index (χ2n) is 4.98. The van der Waals surface area contributed by atoms with Crippen LogP contribution in [0.5, 0.6) is 0 Å². The third-order valence-electron chi connectivity index (χ3n) is 2.53. The summed E-state index contributed by atoms with van der Waals surface area (Å²) in [4.78, 5) is 23.4. The average molecular weight is 209 g/mol. The van der Waals surface area contributed by atoms with E-state index < -0.39 is 17.5 Å². The van der Waals surface area contributed by atoms with E-state index in [1.807, 2.05) is 6.08 Å². The smallest absolute Gasteiger partial charge is 0.319 e. The molecule has 2 atom stereocenters. The lowest BCUT2D eigenvalue weighted by Crippen LogP contribution is -2.37. The fraction of sp³-hybridized carbons (Fsp3) is 0.636. The molecule has 1 saturated heterocycles. The molecule has 0 aromatic carbocycles. The van der Waals surface area contributed by atoms with Crippen LogP contribution in [-0.2, 0) is 14.3 Å². The molecule has 2 aliphatic heterocycles. The topological polar surface area (TPSA) is 55.4 Å². The number of ether oxygens (including phenoxy) is 1. The lowest BCUT2D eigenvalue weighted by molar-refractivity contribution is -0.161. The van der Waals surface area contributed by atoms with Gasteiger partial charge in [-0.15, -0.1) is 0 Å². The highest BCUT2D eigenvalue weighted by Gasteiger charge is 2.47. The number of hydrogen-bond donors (Lipinski definition) is 1. The van der Waals surface area contributed by atoms with Crippen molar-refractivity contribution in [3.8, 4) is 0 Å². The number of esters is 1. The fourth-order valence-corrected chi connectivity index (χ4v) is 1.94. The third-order valence-corrected chi connectivity index (χ3v) is 2.53. The molecule has 82 valence electrons. The van der Waals surface area contributed by atoms with Gasteiger partial charge in [0.15, 0.2) is 5.78 Å². The Morgan fingerprint density at radius 1 is 1.53 bits per heavy atom. The van der Waals surface area contributed by atoms with Gasteiger partial charge < -0.3 is 10.1 Å². The SMILES string of the molecule is CC(C)(C)OC(=O)C1C(=O)C2=CCC1N2. The molecule has 0 aliphatic carbocycles. The van der Waals surface area contributed by atoms with Crippen LogP contribution in [0.1, 0.15) is 27.2 Å². The molecule has 0 saturated carbocycles. The van der Waals surface area contributed by atoms with E-state index >= 15 is 0 Å². The van der Waals surface area contributed by atoms with E-state index in [0.29, 0.717) is 5.70 Å². The number of hydrogen-bond acceptors (Lipinski definition) is 4. The molecule has 2 rings (SSSR count). The second-order valence-corrected chi connectivity index (χ2v) is 4.98. The monoisotopic (exact) mass is 209 g/mol. The molecule has 0 aromatic heterocycles. The highest BCUT2D eigenvalue weighted by atomic mass is 16.6. The Balaban J connectivity index is 2.10. The van der Waals surface area contributed by atoms with Gasteiger partial charge in [0.05, 0.1) is 11.7 Å². The van der Waals surface area contributed by atoms with Crippen molar-refractivity contribution in [1.82, 2.24) is 5.32 Å². The minimum atomic E-state index is -0.635. The zero-order chi connectivity index (χ0) is 11.2. The van der Waals surface area contributed by atoms with Crippen LogP contribution in [0.15, 0.2) is 11.8 Å². The number of Topliss-reactive ketones (excluding diaryl/α,β-unsaturated/α-hetero) is 1. The Labute approximate surface area is 88.7 Å². The van der Waals surface area contributed by atoms with Crippen molar-refractivity contribution in [2.45, 2.75) is 38.8 Å². The van der Waals surface area contributed by atoms with Crippen LogP contribution in [-0.4, -0.2) is 23.4 Å². The van der Waals surface area contributed by atoms with Gasteiger partial charge in [0.2, 0.25) is 0 Å². The Bertz CT molecular complexity index is 351. The van der Waals surface area contributed by atoms with Gasteiger partial charge in [-0.3, -0.25) is 9.59 Å². The third kappa shape index (κ3) is 1.76. The first kappa shape index (κ1) is 10.2. The first-order chi connectivity index (χ1) is 6.88. The molecule has 0 amide bonds. The van der Waals surface area contributed by atoms with E-state index in [-0.39, 0.29) is 11.8 Å². The van der Waals surface area contributed by atoms with Gasteiger partial charge in [-0.25, -0.2) is 0 Å². The summed E-state index contributed by atoms with van der Waals surface area (Å²) in [6.45, 7) is 5.40. The molecule has 0 aromatic rings. The maximum atomic E-state index is 11.8. The lowest BCUT2D eigenvalue weighted by Gasteiger charge is -2.23. The number of allylic oxidation sites excluding steroid dienone is 1. The summed E-state index contributed by atoms with van der Waals surface area (Å²) in [6.07, 6.45) is 2.58. The summed E-state index contributed by atoms with van der Waals surface area (Å²) in [7, 11) is 0. The van der Waals surface area contributed by atoms with Crippen molar-refractivity contribution >= 4 is 11.8 Å². The van der Waals surface area contributed by atoms with Crippen molar-refractivity contribution in [2.24, 2.45) is 5.92 Å². The van der Waals surface area contributed by atoms with Crippen molar-refractivity contribution < 1.29 is 14.3 Å². The van der Waals surface area contributed by atoms with E-state index in [0.717, 1.165) is 6.42 Å². The molecule has 1 N–H and O–H groups in total. The molecular weight excluding hydrogens is 194 g/mol. The van der Waals surface area contributed by atoms with Gasteiger partial charge in [0.1, 0.15) is 11.5 Å². The van der Waals surface area contributed by atoms with Gasteiger partial charge in [-0.1, -0.05) is 6.08 Å². The van der Waals surface area contributed by atoms with Crippen molar-refractivity contribution in [2.75, 3.05) is 0 Å². The van der Waals surface area contributed by atoms with Gasteiger partial charge in [0, 0.05) is 0 Å².